The average molecular weight is 220 g/mol. The number of likely N-dealkylation sites (N-methyl/N-ethyl adjacent to an activating group) is 1. The number of carbonyl (C=O) groups excluding carboxylic acids is 1. The number of ether oxygens (including phenoxy) is 1. The Hall–Kier alpha value is -1.55. The highest BCUT2D eigenvalue weighted by Gasteiger charge is 2.32. The predicted octanol–water partition coefficient (Wildman–Crippen LogP) is 0.986. The van der Waals surface area contributed by atoms with Crippen LogP contribution in [-0.4, -0.2) is 25.6 Å². The number of hydrogen-bond acceptors (Lipinski definition) is 3. The van der Waals surface area contributed by atoms with Gasteiger partial charge in [0.05, 0.1) is 5.69 Å². The molecular weight excluding hydrogens is 204 g/mol. The van der Waals surface area contributed by atoms with Crippen LogP contribution in [0.5, 0.6) is 5.75 Å². The van der Waals surface area contributed by atoms with Crippen LogP contribution < -0.4 is 15.4 Å². The molecule has 0 aliphatic carbocycles. The molecule has 1 aromatic rings. The van der Waals surface area contributed by atoms with Crippen molar-refractivity contribution in [3.8, 4) is 5.75 Å². The van der Waals surface area contributed by atoms with Gasteiger partial charge in [-0.05, 0) is 31.0 Å². The molecule has 4 nitrogen and oxygen atoms in total. The van der Waals surface area contributed by atoms with E-state index in [1.165, 1.54) is 0 Å². The highest BCUT2D eigenvalue weighted by Crippen LogP contribution is 2.36. The van der Waals surface area contributed by atoms with Crippen molar-refractivity contribution in [1.82, 2.24) is 0 Å². The molecule has 1 amide bonds. The first-order valence-electron chi connectivity index (χ1n) is 5.30. The minimum Gasteiger partial charge on any atom is -0.477 e. The van der Waals surface area contributed by atoms with Gasteiger partial charge < -0.3 is 15.4 Å². The molecule has 1 unspecified atom stereocenters. The lowest BCUT2D eigenvalue weighted by molar-refractivity contribution is -0.125. The van der Waals surface area contributed by atoms with E-state index in [4.69, 9.17) is 10.5 Å². The van der Waals surface area contributed by atoms with Gasteiger partial charge in [-0.25, -0.2) is 0 Å². The number of nitrogens with two attached hydrogens (primary N) is 1. The molecule has 0 radical (unpaired) electrons. The molecule has 1 atom stereocenters. The molecule has 4 heteroatoms. The SMILES string of the molecule is Cc1cc(C)c2c(c1)OC(CN)C(=O)N2C. The summed E-state index contributed by atoms with van der Waals surface area (Å²) < 4.78 is 5.61. The first-order valence-corrected chi connectivity index (χ1v) is 5.30. The highest BCUT2D eigenvalue weighted by atomic mass is 16.5. The quantitative estimate of drug-likeness (QED) is 0.767. The lowest BCUT2D eigenvalue weighted by atomic mass is 10.1. The standard InChI is InChI=1S/C12H16N2O2/c1-7-4-8(2)11-9(5-7)16-10(6-13)12(15)14(11)3/h4-5,10H,6,13H2,1-3H3. The Morgan fingerprint density at radius 2 is 2.12 bits per heavy atom. The van der Waals surface area contributed by atoms with Crippen molar-refractivity contribution in [3.05, 3.63) is 23.3 Å². The molecule has 0 aromatic heterocycles. The number of amides is 1. The Balaban J connectivity index is 2.54. The summed E-state index contributed by atoms with van der Waals surface area (Å²) in [6.07, 6.45) is -0.557. The summed E-state index contributed by atoms with van der Waals surface area (Å²) in [6, 6.07) is 3.97. The first kappa shape index (κ1) is 11.0. The van der Waals surface area contributed by atoms with Crippen molar-refractivity contribution in [3.63, 3.8) is 0 Å². The molecule has 0 spiro atoms. The third-order valence-corrected chi connectivity index (χ3v) is 2.83. The van der Waals surface area contributed by atoms with E-state index >= 15 is 0 Å². The molecule has 16 heavy (non-hydrogen) atoms. The van der Waals surface area contributed by atoms with Crippen LogP contribution in [0.15, 0.2) is 12.1 Å². The van der Waals surface area contributed by atoms with E-state index < -0.39 is 6.10 Å². The van der Waals surface area contributed by atoms with Crippen LogP contribution in [0.1, 0.15) is 11.1 Å². The lowest BCUT2D eigenvalue weighted by Gasteiger charge is -2.32. The average Bonchev–Trinajstić information content (AvgIpc) is 2.22. The van der Waals surface area contributed by atoms with Crippen LogP contribution in [0.2, 0.25) is 0 Å². The highest BCUT2D eigenvalue weighted by molar-refractivity contribution is 6.00. The van der Waals surface area contributed by atoms with Crippen LogP contribution in [0, 0.1) is 13.8 Å². The summed E-state index contributed by atoms with van der Waals surface area (Å²) in [4.78, 5) is 13.5. The molecule has 1 aromatic carbocycles. The number of benzene rings is 1. The zero-order valence-corrected chi connectivity index (χ0v) is 9.78. The smallest absolute Gasteiger partial charge is 0.269 e. The predicted molar refractivity (Wildman–Crippen MR) is 62.8 cm³/mol. The molecule has 1 heterocycles. The molecule has 0 bridgehead atoms. The second kappa shape index (κ2) is 3.79. The summed E-state index contributed by atoms with van der Waals surface area (Å²) in [5.74, 6) is 0.664. The Morgan fingerprint density at radius 1 is 1.44 bits per heavy atom. The maximum atomic E-state index is 11.9. The molecule has 0 saturated carbocycles. The number of anilines is 1. The zero-order chi connectivity index (χ0) is 11.9. The summed E-state index contributed by atoms with van der Waals surface area (Å²) >= 11 is 0. The van der Waals surface area contributed by atoms with Gasteiger partial charge in [-0.3, -0.25) is 4.79 Å². The van der Waals surface area contributed by atoms with Gasteiger partial charge >= 0.3 is 0 Å². The van der Waals surface area contributed by atoms with Gasteiger partial charge in [0, 0.05) is 13.6 Å². The summed E-state index contributed by atoms with van der Waals surface area (Å²) in [6.45, 7) is 4.18. The molecule has 86 valence electrons. The van der Waals surface area contributed by atoms with Crippen molar-refractivity contribution in [2.45, 2.75) is 20.0 Å². The van der Waals surface area contributed by atoms with E-state index in [1.807, 2.05) is 26.0 Å². The molecule has 2 rings (SSSR count). The molecule has 1 aliphatic heterocycles. The normalized spacial score (nSPS) is 19.4. The third-order valence-electron chi connectivity index (χ3n) is 2.83. The van der Waals surface area contributed by atoms with E-state index in [0.717, 1.165) is 22.6 Å². The van der Waals surface area contributed by atoms with E-state index in [2.05, 4.69) is 0 Å². The second-order valence-electron chi connectivity index (χ2n) is 4.17. The molecule has 0 fully saturated rings. The number of aryl methyl sites for hydroxylation is 2. The number of carbonyl (C=O) groups is 1. The number of hydrogen-bond donors (Lipinski definition) is 1. The second-order valence-corrected chi connectivity index (χ2v) is 4.17. The van der Waals surface area contributed by atoms with Crippen LogP contribution in [-0.2, 0) is 4.79 Å². The summed E-state index contributed by atoms with van der Waals surface area (Å²) in [7, 11) is 1.76. The van der Waals surface area contributed by atoms with Gasteiger partial charge in [-0.15, -0.1) is 0 Å². The van der Waals surface area contributed by atoms with Gasteiger partial charge in [0.1, 0.15) is 5.75 Å². The van der Waals surface area contributed by atoms with E-state index in [0.29, 0.717) is 0 Å². The topological polar surface area (TPSA) is 55.6 Å². The molecule has 0 saturated heterocycles. The maximum Gasteiger partial charge on any atom is 0.269 e. The third kappa shape index (κ3) is 1.55. The van der Waals surface area contributed by atoms with Gasteiger partial charge in [0.25, 0.3) is 5.91 Å². The van der Waals surface area contributed by atoms with Crippen molar-refractivity contribution in [1.29, 1.82) is 0 Å². The minimum atomic E-state index is -0.557. The van der Waals surface area contributed by atoms with Crippen LogP contribution in [0.25, 0.3) is 0 Å². The molecule has 1 aliphatic rings. The van der Waals surface area contributed by atoms with Crippen LogP contribution >= 0.6 is 0 Å². The number of nitrogens with zero attached hydrogens (tertiary/aromatic N) is 1. The van der Waals surface area contributed by atoms with Crippen molar-refractivity contribution < 1.29 is 9.53 Å². The van der Waals surface area contributed by atoms with E-state index in [-0.39, 0.29) is 12.5 Å². The fourth-order valence-electron chi connectivity index (χ4n) is 2.12. The lowest BCUT2D eigenvalue weighted by Crippen LogP contribution is -2.47. The first-order chi connectivity index (χ1) is 7.54. The Bertz CT molecular complexity index is 443. The Morgan fingerprint density at radius 3 is 2.75 bits per heavy atom. The van der Waals surface area contributed by atoms with Gasteiger partial charge in [-0.2, -0.15) is 0 Å². The van der Waals surface area contributed by atoms with Gasteiger partial charge in [-0.1, -0.05) is 6.07 Å². The largest absolute Gasteiger partial charge is 0.477 e. The maximum absolute atomic E-state index is 11.9. The van der Waals surface area contributed by atoms with Gasteiger partial charge in [0.15, 0.2) is 6.10 Å². The fourth-order valence-corrected chi connectivity index (χ4v) is 2.12. The fraction of sp³-hybridized carbons (Fsp3) is 0.417. The Kier molecular flexibility index (Phi) is 2.59. The van der Waals surface area contributed by atoms with Crippen molar-refractivity contribution in [2.75, 3.05) is 18.5 Å². The Labute approximate surface area is 95.0 Å². The summed E-state index contributed by atoms with van der Waals surface area (Å²) in [5.41, 5.74) is 8.53. The van der Waals surface area contributed by atoms with Crippen LogP contribution in [0.4, 0.5) is 5.69 Å². The van der Waals surface area contributed by atoms with Gasteiger partial charge in [0.2, 0.25) is 0 Å². The summed E-state index contributed by atoms with van der Waals surface area (Å²) in [5, 5.41) is 0. The minimum absolute atomic E-state index is 0.0815. The zero-order valence-electron chi connectivity index (χ0n) is 9.78. The van der Waals surface area contributed by atoms with E-state index in [1.54, 1.807) is 11.9 Å². The molecule has 2 N–H and O–H groups in total. The number of rotatable bonds is 1. The van der Waals surface area contributed by atoms with E-state index in [9.17, 15) is 4.79 Å². The van der Waals surface area contributed by atoms with Crippen LogP contribution in [0.3, 0.4) is 0 Å². The monoisotopic (exact) mass is 220 g/mol. The number of fused-ring (bicyclic) bond motifs is 1. The molecular formula is C12H16N2O2. The van der Waals surface area contributed by atoms with Crippen molar-refractivity contribution in [2.24, 2.45) is 5.73 Å². The van der Waals surface area contributed by atoms with Crippen molar-refractivity contribution >= 4 is 11.6 Å².